The van der Waals surface area contributed by atoms with Crippen LogP contribution in [0.4, 0.5) is 22.0 Å². The lowest BCUT2D eigenvalue weighted by molar-refractivity contribution is -0.228. The fourth-order valence-corrected chi connectivity index (χ4v) is 8.82. The monoisotopic (exact) mass is 542 g/mol. The van der Waals surface area contributed by atoms with Crippen molar-refractivity contribution in [2.75, 3.05) is 0 Å². The second-order valence-electron chi connectivity index (χ2n) is 10.8. The molecule has 2 aromatic carbocycles. The number of aryl methyl sites for hydroxylation is 1. The van der Waals surface area contributed by atoms with Crippen LogP contribution in [-0.2, 0) is 31.5 Å². The van der Waals surface area contributed by atoms with Crippen LogP contribution in [0.2, 0.25) is 0 Å². The Hall–Kier alpha value is -2.33. The molecule has 2 saturated carbocycles. The Kier molecular flexibility index (Phi) is 5.92. The van der Waals surface area contributed by atoms with E-state index in [1.165, 1.54) is 6.07 Å². The Bertz CT molecular complexity index is 1350. The summed E-state index contributed by atoms with van der Waals surface area (Å²) < 4.78 is 95.5. The van der Waals surface area contributed by atoms with Crippen LogP contribution in [0.15, 0.2) is 47.4 Å². The maximum Gasteiger partial charge on any atom is 0.426 e. The number of fused-ring (bicyclic) bond motifs is 3. The zero-order valence-electron chi connectivity index (χ0n) is 20.1. The predicted octanol–water partition coefficient (Wildman–Crippen LogP) is 5.70. The molecule has 0 bridgehead atoms. The van der Waals surface area contributed by atoms with E-state index in [1.54, 1.807) is 0 Å². The summed E-state index contributed by atoms with van der Waals surface area (Å²) in [6.07, 6.45) is -3.46. The van der Waals surface area contributed by atoms with E-state index in [0.29, 0.717) is 37.3 Å². The first kappa shape index (κ1) is 26.3. The first-order valence-corrected chi connectivity index (χ1v) is 13.8. The summed E-state index contributed by atoms with van der Waals surface area (Å²) in [4.78, 5) is 12.6. The molecule has 5 rings (SSSR count). The van der Waals surface area contributed by atoms with Crippen molar-refractivity contribution >= 4 is 15.6 Å². The van der Waals surface area contributed by atoms with Crippen LogP contribution >= 0.6 is 0 Å². The van der Waals surface area contributed by atoms with Crippen molar-refractivity contribution in [3.63, 3.8) is 0 Å². The quantitative estimate of drug-likeness (QED) is 0.376. The maximum absolute atomic E-state index is 14.8. The number of carbonyl (C=O) groups is 1. The fraction of sp³-hybridized carbons (Fsp3) is 0.519. The minimum Gasteiger partial charge on any atom is -0.382 e. The molecule has 4 nitrogen and oxygen atoms in total. The molecule has 3 aliphatic carbocycles. The number of sulfone groups is 1. The van der Waals surface area contributed by atoms with Gasteiger partial charge in [0, 0.05) is 6.42 Å². The summed E-state index contributed by atoms with van der Waals surface area (Å²) in [6.45, 7) is 0.436. The number of ketones is 1. The molecule has 10 heteroatoms. The van der Waals surface area contributed by atoms with E-state index in [9.17, 15) is 40.3 Å². The van der Waals surface area contributed by atoms with Crippen molar-refractivity contribution in [2.24, 2.45) is 11.8 Å². The Labute approximate surface area is 211 Å². The van der Waals surface area contributed by atoms with Crippen LogP contribution in [0.25, 0.3) is 0 Å². The van der Waals surface area contributed by atoms with Crippen LogP contribution in [0.1, 0.15) is 62.1 Å². The lowest BCUT2D eigenvalue weighted by Gasteiger charge is -2.43. The van der Waals surface area contributed by atoms with E-state index in [2.05, 4.69) is 0 Å². The Morgan fingerprint density at radius 1 is 1.03 bits per heavy atom. The maximum atomic E-state index is 14.8. The van der Waals surface area contributed by atoms with Crippen molar-refractivity contribution in [3.8, 4) is 0 Å². The normalized spacial score (nSPS) is 28.2. The van der Waals surface area contributed by atoms with E-state index < -0.39 is 49.3 Å². The van der Waals surface area contributed by atoms with Gasteiger partial charge in [0.25, 0.3) is 0 Å². The number of hydrogen-bond acceptors (Lipinski definition) is 4. The predicted molar refractivity (Wildman–Crippen MR) is 125 cm³/mol. The summed E-state index contributed by atoms with van der Waals surface area (Å²) in [5.41, 5.74) is -4.96. The van der Waals surface area contributed by atoms with Gasteiger partial charge in [0.2, 0.25) is 5.67 Å². The van der Waals surface area contributed by atoms with E-state index in [0.717, 1.165) is 36.4 Å². The minimum absolute atomic E-state index is 0.00585. The molecule has 0 heterocycles. The number of aliphatic hydroxyl groups is 1. The second kappa shape index (κ2) is 8.33. The number of benzene rings is 2. The van der Waals surface area contributed by atoms with Crippen LogP contribution in [0.3, 0.4) is 0 Å². The lowest BCUT2D eigenvalue weighted by Crippen LogP contribution is -2.45. The van der Waals surface area contributed by atoms with E-state index in [-0.39, 0.29) is 42.3 Å². The highest BCUT2D eigenvalue weighted by Gasteiger charge is 2.61. The molecule has 3 aliphatic rings. The molecule has 0 aliphatic heterocycles. The molecule has 0 aromatic heterocycles. The Morgan fingerprint density at radius 2 is 1.68 bits per heavy atom. The minimum atomic E-state index is -5.15. The number of hydrogen-bond donors (Lipinski definition) is 1. The highest BCUT2D eigenvalue weighted by molar-refractivity contribution is 7.92. The van der Waals surface area contributed by atoms with Crippen molar-refractivity contribution in [1.29, 1.82) is 0 Å². The molecule has 1 N–H and O–H groups in total. The molecule has 2 aromatic rings. The number of rotatable bonds is 6. The van der Waals surface area contributed by atoms with Gasteiger partial charge in [0.15, 0.2) is 15.6 Å². The topological polar surface area (TPSA) is 71.4 Å². The van der Waals surface area contributed by atoms with Crippen LogP contribution in [-0.4, -0.2) is 31.1 Å². The summed E-state index contributed by atoms with van der Waals surface area (Å²) in [7, 11) is -4.21. The van der Waals surface area contributed by atoms with Gasteiger partial charge in [-0.15, -0.1) is 0 Å². The largest absolute Gasteiger partial charge is 0.426 e. The molecular weight excluding hydrogens is 515 g/mol. The molecule has 1 unspecified atom stereocenters. The van der Waals surface area contributed by atoms with Crippen LogP contribution < -0.4 is 0 Å². The van der Waals surface area contributed by atoms with Gasteiger partial charge in [-0.2, -0.15) is 13.2 Å². The van der Waals surface area contributed by atoms with Crippen molar-refractivity contribution in [1.82, 2.24) is 0 Å². The number of halogens is 5. The Morgan fingerprint density at radius 3 is 2.27 bits per heavy atom. The third-order valence-electron chi connectivity index (χ3n) is 8.71. The average molecular weight is 543 g/mol. The molecule has 200 valence electrons. The third-order valence-corrected chi connectivity index (χ3v) is 11.3. The smallest absolute Gasteiger partial charge is 0.382 e. The second-order valence-corrected chi connectivity index (χ2v) is 13.0. The van der Waals surface area contributed by atoms with Gasteiger partial charge in [-0.1, -0.05) is 18.2 Å². The standard InChI is InChI=1S/C27H27F5O4S/c1-24(29,27(30,31)32)18-3-9-22-16(14-18)2-8-21-17(15-23(33)25(34)12-13-25)10-11-26(21,22)37(35,36)20-6-4-19(28)5-7-20/h3-7,9,14,17,21,34H,2,8,10-13,15H2,1H3/t17-,21-,24?,26-/m0/s1. The molecule has 0 saturated heterocycles. The summed E-state index contributed by atoms with van der Waals surface area (Å²) in [5, 5.41) is 10.3. The summed E-state index contributed by atoms with van der Waals surface area (Å²) in [5.74, 6) is -1.86. The number of alkyl halides is 4. The molecule has 0 radical (unpaired) electrons. The van der Waals surface area contributed by atoms with E-state index in [1.807, 2.05) is 0 Å². The summed E-state index contributed by atoms with van der Waals surface area (Å²) >= 11 is 0. The van der Waals surface area contributed by atoms with Crippen LogP contribution in [0, 0.1) is 17.7 Å². The van der Waals surface area contributed by atoms with Gasteiger partial charge >= 0.3 is 6.18 Å². The lowest BCUT2D eigenvalue weighted by atomic mass is 9.71. The van der Waals surface area contributed by atoms with Gasteiger partial charge in [-0.25, -0.2) is 17.2 Å². The number of carbonyl (C=O) groups excluding carboxylic acids is 1. The third kappa shape index (κ3) is 3.93. The number of Topliss-reactive ketones (excluding diaryl/α,β-unsaturated/α-hetero) is 1. The first-order chi connectivity index (χ1) is 17.1. The molecule has 0 amide bonds. The van der Waals surface area contributed by atoms with Gasteiger partial charge in [-0.3, -0.25) is 4.79 Å². The average Bonchev–Trinajstić information content (AvgIpc) is 3.47. The molecule has 0 spiro atoms. The zero-order valence-corrected chi connectivity index (χ0v) is 20.9. The van der Waals surface area contributed by atoms with Crippen molar-refractivity contribution in [2.45, 2.75) is 79.0 Å². The fourth-order valence-electron chi connectivity index (χ4n) is 6.32. The Balaban J connectivity index is 1.64. The first-order valence-electron chi connectivity index (χ1n) is 12.3. The van der Waals surface area contributed by atoms with Gasteiger partial charge in [0.05, 0.1) is 4.90 Å². The van der Waals surface area contributed by atoms with Crippen LogP contribution in [0.5, 0.6) is 0 Å². The molecule has 37 heavy (non-hydrogen) atoms. The zero-order chi connectivity index (χ0) is 27.0. The molecular formula is C27H27F5O4S. The van der Waals surface area contributed by atoms with Gasteiger partial charge < -0.3 is 5.11 Å². The molecule has 4 atom stereocenters. The van der Waals surface area contributed by atoms with Crippen molar-refractivity contribution in [3.05, 3.63) is 65.0 Å². The van der Waals surface area contributed by atoms with Gasteiger partial charge in [-0.05, 0) is 98.2 Å². The highest BCUT2D eigenvalue weighted by Crippen LogP contribution is 2.60. The van der Waals surface area contributed by atoms with E-state index >= 15 is 0 Å². The molecule has 2 fully saturated rings. The SMILES string of the molecule is CC(F)(c1ccc2c(c1)CC[C@H]1[C@H](CC(=O)C3(O)CC3)CC[C@@]21S(=O)(=O)c1ccc(F)cc1)C(F)(F)F. The summed E-state index contributed by atoms with van der Waals surface area (Å²) in [6, 6.07) is 7.75. The van der Waals surface area contributed by atoms with Gasteiger partial charge in [0.1, 0.15) is 16.2 Å². The highest BCUT2D eigenvalue weighted by atomic mass is 32.2. The van der Waals surface area contributed by atoms with E-state index in [4.69, 9.17) is 0 Å². The van der Waals surface area contributed by atoms with Crippen molar-refractivity contribution < 1.29 is 40.3 Å².